The van der Waals surface area contributed by atoms with Gasteiger partial charge in [0.25, 0.3) is 0 Å². The van der Waals surface area contributed by atoms with E-state index in [9.17, 15) is 10.2 Å². The number of allylic oxidation sites excluding steroid dienone is 2. The Balaban J connectivity index is 2.07. The molecule has 0 aromatic carbocycles. The molecule has 0 saturated carbocycles. The number of aliphatic hydroxyl groups is 2. The van der Waals surface area contributed by atoms with E-state index in [4.69, 9.17) is 4.74 Å². The minimum absolute atomic E-state index is 0.425. The second-order valence-electron chi connectivity index (χ2n) is 2.66. The Bertz CT molecular complexity index is 411. The molecule has 0 fully saturated rings. The highest BCUT2D eigenvalue weighted by Gasteiger charge is 2.03. The van der Waals surface area contributed by atoms with Gasteiger partial charge in [-0.1, -0.05) is 41.5 Å². The average molecular weight is 430 g/mol. The summed E-state index contributed by atoms with van der Waals surface area (Å²) in [6.45, 7) is 0. The first-order valence-electron chi connectivity index (χ1n) is 4.07. The first kappa shape index (κ1) is 11.4. The van der Waals surface area contributed by atoms with Crippen molar-refractivity contribution in [1.29, 1.82) is 0 Å². The third-order valence-corrected chi connectivity index (χ3v) is 5.40. The van der Waals surface area contributed by atoms with Crippen LogP contribution in [0.5, 0.6) is 0 Å². The van der Waals surface area contributed by atoms with Crippen LogP contribution in [0.15, 0.2) is 44.0 Å². The average Bonchev–Trinajstić information content (AvgIpc) is 2.25. The molecule has 15 heavy (non-hydrogen) atoms. The smallest absolute Gasteiger partial charge is 0.133 e. The molecule has 0 radical (unpaired) electrons. The van der Waals surface area contributed by atoms with Gasteiger partial charge in [0.2, 0.25) is 0 Å². The van der Waals surface area contributed by atoms with Crippen LogP contribution in [0.2, 0.25) is 0 Å². The van der Waals surface area contributed by atoms with Gasteiger partial charge in [-0.25, -0.2) is 0 Å². The molecule has 2 aliphatic heterocycles. The molecule has 0 aliphatic carbocycles. The van der Waals surface area contributed by atoms with Crippen molar-refractivity contribution in [2.45, 2.75) is 0 Å². The molecule has 0 aromatic heterocycles. The molecule has 0 aromatic rings. The summed E-state index contributed by atoms with van der Waals surface area (Å²) < 4.78 is 10.3. The maximum Gasteiger partial charge on any atom is 0.133 e. The number of aliphatic hydroxyl groups excluding tert-OH is 2. The van der Waals surface area contributed by atoms with Crippen LogP contribution in [0.25, 0.3) is 0 Å². The summed E-state index contributed by atoms with van der Waals surface area (Å²) in [6, 6.07) is 0. The monoisotopic (exact) mass is 430 g/mol. The largest absolute Gasteiger partial charge is 0.456 e. The summed E-state index contributed by atoms with van der Waals surface area (Å²) in [5.74, 6) is 1.56. The fourth-order valence-electron chi connectivity index (χ4n) is 0.915. The predicted octanol–water partition coefficient (Wildman–Crippen LogP) is 2.77. The molecule has 2 N–H and O–H groups in total. The third kappa shape index (κ3) is 3.44. The normalized spacial score (nSPS) is 20.1. The lowest BCUT2D eigenvalue weighted by molar-refractivity contribution is 0.339. The maximum atomic E-state index is 9.19. The molecule has 3 nitrogen and oxygen atoms in total. The zero-order valence-corrected chi connectivity index (χ0v) is 11.8. The van der Waals surface area contributed by atoms with Gasteiger partial charge in [0.05, 0.1) is 0 Å². The van der Waals surface area contributed by atoms with Gasteiger partial charge >= 0.3 is 0 Å². The van der Waals surface area contributed by atoms with Crippen LogP contribution in [0, 0.1) is 0 Å². The van der Waals surface area contributed by atoms with Gasteiger partial charge in [-0.05, 0) is 24.3 Å². The molecule has 2 heterocycles. The fraction of sp³-hybridized carbons (Fsp3) is 0. The van der Waals surface area contributed by atoms with Gasteiger partial charge in [-0.2, -0.15) is 0 Å². The molecule has 0 unspecified atom stereocenters. The van der Waals surface area contributed by atoms with E-state index in [0.29, 0.717) is 7.39 Å². The van der Waals surface area contributed by atoms with E-state index >= 15 is 0 Å². The molecule has 0 saturated heterocycles. The highest BCUT2D eigenvalue weighted by atomic mass is 127. The van der Waals surface area contributed by atoms with Crippen molar-refractivity contribution in [3.05, 3.63) is 44.0 Å². The van der Waals surface area contributed by atoms with Crippen molar-refractivity contribution in [2.75, 3.05) is 0 Å². The van der Waals surface area contributed by atoms with Gasteiger partial charge in [0.15, 0.2) is 0 Å². The molecular weight excluding hydrogens is 422 g/mol. The zero-order chi connectivity index (χ0) is 10.7. The number of rotatable bonds is 2. The molecule has 0 atom stereocenters. The summed E-state index contributed by atoms with van der Waals surface area (Å²) in [5, 5.41) is 18.4. The summed E-state index contributed by atoms with van der Waals surface area (Å²) in [4.78, 5) is 0. The van der Waals surface area contributed by atoms with Gasteiger partial charge in [0.1, 0.15) is 18.9 Å². The van der Waals surface area contributed by atoms with E-state index in [1.54, 1.807) is 24.3 Å². The number of hydrogen-bond donors (Lipinski definition) is 2. The quantitative estimate of drug-likeness (QED) is 0.663. The lowest BCUT2D eigenvalue weighted by Gasteiger charge is -2.09. The van der Waals surface area contributed by atoms with Crippen LogP contribution in [0.3, 0.4) is 0 Å². The Hall–Kier alpha value is -0.120. The molecule has 80 valence electrons. The van der Waals surface area contributed by atoms with Crippen molar-refractivity contribution in [1.82, 2.24) is 0 Å². The summed E-state index contributed by atoms with van der Waals surface area (Å²) >= 11 is -0.850. The predicted molar refractivity (Wildman–Crippen MR) is 77.5 cm³/mol. The molecule has 2 aliphatic rings. The van der Waals surface area contributed by atoms with Crippen LogP contribution in [0.1, 0.15) is 0 Å². The molecule has 2 rings (SSSR count). The van der Waals surface area contributed by atoms with E-state index in [-0.39, 0.29) is 0 Å². The Morgan fingerprint density at radius 3 is 1.60 bits per heavy atom. The molecule has 0 spiro atoms. The third-order valence-electron chi connectivity index (χ3n) is 1.55. The minimum atomic E-state index is -0.425. The molecule has 0 bridgehead atoms. The van der Waals surface area contributed by atoms with Crippen LogP contribution in [-0.2, 0) is 4.74 Å². The number of ether oxygens (including phenoxy) is 1. The van der Waals surface area contributed by atoms with Crippen LogP contribution < -0.4 is 0 Å². The highest BCUT2D eigenvalue weighted by Crippen LogP contribution is 2.22. The van der Waals surface area contributed by atoms with E-state index < -0.39 is 41.5 Å². The van der Waals surface area contributed by atoms with Crippen molar-refractivity contribution in [2.24, 2.45) is 0 Å². The van der Waals surface area contributed by atoms with E-state index in [1.165, 1.54) is 0 Å². The first-order chi connectivity index (χ1) is 7.24. The van der Waals surface area contributed by atoms with E-state index in [0.717, 1.165) is 11.5 Å². The summed E-state index contributed by atoms with van der Waals surface area (Å²) in [7, 11) is 0. The van der Waals surface area contributed by atoms with E-state index in [1.807, 2.05) is 8.17 Å². The topological polar surface area (TPSA) is 49.7 Å². The van der Waals surface area contributed by atoms with Gasteiger partial charge in [-0.3, -0.25) is 0 Å². The van der Waals surface area contributed by atoms with Crippen molar-refractivity contribution >= 4 is 48.9 Å². The van der Waals surface area contributed by atoms with Crippen molar-refractivity contribution < 1.29 is 14.9 Å². The van der Waals surface area contributed by atoms with E-state index in [2.05, 4.69) is 0 Å². The first-order valence-corrected chi connectivity index (χ1v) is 8.72. The standard InChI is InChI=1S/C10H8I2O3/c13-9-3-1-7(5-11-9)15-8-2-4-10(14)12-6-8/h1-6,13-14H. The minimum Gasteiger partial charge on any atom is -0.456 e. The summed E-state index contributed by atoms with van der Waals surface area (Å²) in [5.41, 5.74) is 0. The lowest BCUT2D eigenvalue weighted by atomic mass is 10.4. The summed E-state index contributed by atoms with van der Waals surface area (Å²) in [6.07, 6.45) is 6.86. The van der Waals surface area contributed by atoms with Crippen LogP contribution >= 0.6 is 41.5 Å². The highest BCUT2D eigenvalue weighted by molar-refractivity contribution is 14.2. The Morgan fingerprint density at radius 1 is 0.800 bits per heavy atom. The Morgan fingerprint density at radius 2 is 1.27 bits per heavy atom. The Labute approximate surface area is 107 Å². The fourth-order valence-corrected chi connectivity index (χ4v) is 3.61. The van der Waals surface area contributed by atoms with Gasteiger partial charge in [-0.15, -0.1) is 0 Å². The lowest BCUT2D eigenvalue weighted by Crippen LogP contribution is -1.95. The maximum absolute atomic E-state index is 9.19. The SMILES string of the molecule is OC1=IC=C(OC2=CI=C(O)C=C2)C=C1. The molecular formula is C10H8I2O3. The number of halogens is 2. The van der Waals surface area contributed by atoms with Crippen molar-refractivity contribution in [3.63, 3.8) is 0 Å². The van der Waals surface area contributed by atoms with Gasteiger partial charge in [0, 0.05) is 8.17 Å². The second kappa shape index (κ2) is 5.28. The van der Waals surface area contributed by atoms with Gasteiger partial charge < -0.3 is 14.9 Å². The second-order valence-corrected chi connectivity index (χ2v) is 7.36. The van der Waals surface area contributed by atoms with Crippen LogP contribution in [0.4, 0.5) is 0 Å². The Kier molecular flexibility index (Phi) is 4.00. The van der Waals surface area contributed by atoms with Crippen LogP contribution in [-0.4, -0.2) is 17.6 Å². The van der Waals surface area contributed by atoms with Crippen molar-refractivity contribution in [3.8, 4) is 0 Å². The zero-order valence-electron chi connectivity index (χ0n) is 7.52. The number of hydrogen-bond acceptors (Lipinski definition) is 3. The molecule has 0 amide bonds. The molecule has 5 heteroatoms.